The number of aromatic nitrogens is 2. The molecule has 1 N–H and O–H groups in total. The number of piperidine rings is 1. The fourth-order valence-electron chi connectivity index (χ4n) is 4.69. The summed E-state index contributed by atoms with van der Waals surface area (Å²) in [6.07, 6.45) is 5.05. The molecule has 0 unspecified atom stereocenters. The van der Waals surface area contributed by atoms with Crippen LogP contribution >= 0.6 is 11.3 Å². The molecule has 0 aliphatic carbocycles. The van der Waals surface area contributed by atoms with Gasteiger partial charge in [-0.15, -0.1) is 11.3 Å². The Bertz CT molecular complexity index is 1160. The Hall–Kier alpha value is -3.17. The lowest BCUT2D eigenvalue weighted by Gasteiger charge is -2.32. The Morgan fingerprint density at radius 1 is 1.11 bits per heavy atom. The average molecular weight is 494 g/mol. The number of carbonyl (C=O) groups excluding carboxylic acids is 2. The monoisotopic (exact) mass is 493 g/mol. The Kier molecular flexibility index (Phi) is 7.15. The van der Waals surface area contributed by atoms with Crippen LogP contribution < -0.4 is 10.2 Å². The molecule has 2 aliphatic heterocycles. The van der Waals surface area contributed by atoms with Crippen molar-refractivity contribution in [3.05, 3.63) is 59.2 Å². The van der Waals surface area contributed by atoms with Crippen LogP contribution in [0.4, 0.5) is 5.00 Å². The summed E-state index contributed by atoms with van der Waals surface area (Å²) in [5.74, 6) is 0.371. The van der Waals surface area contributed by atoms with Gasteiger partial charge in [-0.1, -0.05) is 30.3 Å². The molecule has 0 spiro atoms. The van der Waals surface area contributed by atoms with Crippen LogP contribution in [0.5, 0.6) is 0 Å². The Labute approximate surface area is 209 Å². The number of amides is 2. The van der Waals surface area contributed by atoms with Gasteiger partial charge in [0.15, 0.2) is 0 Å². The number of benzene rings is 1. The smallest absolute Gasteiger partial charge is 0.264 e. The van der Waals surface area contributed by atoms with Crippen molar-refractivity contribution in [2.75, 3.05) is 50.8 Å². The zero-order valence-electron chi connectivity index (χ0n) is 20.0. The van der Waals surface area contributed by atoms with Gasteiger partial charge in [0.2, 0.25) is 0 Å². The highest BCUT2D eigenvalue weighted by Gasteiger charge is 2.28. The second-order valence-electron chi connectivity index (χ2n) is 9.14. The van der Waals surface area contributed by atoms with Crippen molar-refractivity contribution in [3.8, 4) is 11.1 Å². The standard InChI is InChI=1S/C26H31N5O3S/c1-29-18-21(17-28-29)24(32)27-16-19-7-9-30(10-8-19)25(33)23-15-22(20-5-3-2-4-6-20)26(35-23)31-11-13-34-14-12-31/h2-6,15,17-19H,7-14,16H2,1H3,(H,27,32). The van der Waals surface area contributed by atoms with Gasteiger partial charge in [-0.05, 0) is 30.4 Å². The van der Waals surface area contributed by atoms with Crippen molar-refractivity contribution in [2.24, 2.45) is 13.0 Å². The number of thiophene rings is 1. The van der Waals surface area contributed by atoms with Crippen LogP contribution in [0.2, 0.25) is 0 Å². The van der Waals surface area contributed by atoms with Gasteiger partial charge in [0.25, 0.3) is 11.8 Å². The van der Waals surface area contributed by atoms with Gasteiger partial charge >= 0.3 is 0 Å². The minimum Gasteiger partial charge on any atom is -0.378 e. The summed E-state index contributed by atoms with van der Waals surface area (Å²) in [6, 6.07) is 12.4. The third-order valence-corrected chi connectivity index (χ3v) is 7.91. The molecule has 35 heavy (non-hydrogen) atoms. The third kappa shape index (κ3) is 5.41. The molecular formula is C26H31N5O3S. The van der Waals surface area contributed by atoms with Crippen molar-refractivity contribution in [1.82, 2.24) is 20.0 Å². The summed E-state index contributed by atoms with van der Waals surface area (Å²) in [5, 5.41) is 8.21. The van der Waals surface area contributed by atoms with E-state index in [1.807, 2.05) is 23.1 Å². The van der Waals surface area contributed by atoms with Crippen molar-refractivity contribution in [1.29, 1.82) is 0 Å². The van der Waals surface area contributed by atoms with E-state index in [2.05, 4.69) is 33.5 Å². The highest BCUT2D eigenvalue weighted by atomic mass is 32.1. The van der Waals surface area contributed by atoms with E-state index in [-0.39, 0.29) is 11.8 Å². The number of ether oxygens (including phenoxy) is 1. The number of likely N-dealkylation sites (tertiary alicyclic amines) is 1. The van der Waals surface area contributed by atoms with Gasteiger partial charge in [0.1, 0.15) is 0 Å². The number of rotatable bonds is 6. The van der Waals surface area contributed by atoms with Crippen molar-refractivity contribution in [2.45, 2.75) is 12.8 Å². The summed E-state index contributed by atoms with van der Waals surface area (Å²) in [4.78, 5) is 30.8. The molecule has 4 heterocycles. The summed E-state index contributed by atoms with van der Waals surface area (Å²) in [7, 11) is 1.80. The zero-order chi connectivity index (χ0) is 24.2. The largest absolute Gasteiger partial charge is 0.378 e. The molecule has 5 rings (SSSR count). The lowest BCUT2D eigenvalue weighted by Crippen LogP contribution is -2.41. The van der Waals surface area contributed by atoms with Crippen LogP contribution in [0.15, 0.2) is 48.8 Å². The SMILES string of the molecule is Cn1cc(C(=O)NCC2CCN(C(=O)c3cc(-c4ccccc4)c(N4CCOCC4)s3)CC2)cn1. The topological polar surface area (TPSA) is 79.7 Å². The van der Waals surface area contributed by atoms with E-state index in [0.29, 0.717) is 44.3 Å². The first-order valence-electron chi connectivity index (χ1n) is 12.2. The molecule has 0 radical (unpaired) electrons. The maximum Gasteiger partial charge on any atom is 0.264 e. The fraction of sp³-hybridized carbons (Fsp3) is 0.423. The molecule has 2 aromatic heterocycles. The van der Waals surface area contributed by atoms with Crippen LogP contribution in [0.1, 0.15) is 32.9 Å². The van der Waals surface area contributed by atoms with E-state index in [9.17, 15) is 9.59 Å². The summed E-state index contributed by atoms with van der Waals surface area (Å²) < 4.78 is 7.17. The lowest BCUT2D eigenvalue weighted by atomic mass is 9.96. The molecule has 2 aliphatic rings. The number of nitrogens with one attached hydrogen (secondary N) is 1. The van der Waals surface area contributed by atoms with E-state index in [1.54, 1.807) is 35.5 Å². The van der Waals surface area contributed by atoms with Gasteiger partial charge in [-0.3, -0.25) is 14.3 Å². The summed E-state index contributed by atoms with van der Waals surface area (Å²) >= 11 is 1.59. The van der Waals surface area contributed by atoms with Crippen LogP contribution in [-0.4, -0.2) is 72.4 Å². The molecular weight excluding hydrogens is 462 g/mol. The molecule has 2 fully saturated rings. The van der Waals surface area contributed by atoms with Gasteiger partial charge in [0, 0.05) is 51.5 Å². The lowest BCUT2D eigenvalue weighted by molar-refractivity contribution is 0.0689. The average Bonchev–Trinajstić information content (AvgIpc) is 3.55. The first-order chi connectivity index (χ1) is 17.1. The number of carbonyl (C=O) groups is 2. The Balaban J connectivity index is 1.22. The number of hydrogen-bond donors (Lipinski definition) is 1. The Morgan fingerprint density at radius 3 is 2.54 bits per heavy atom. The third-order valence-electron chi connectivity index (χ3n) is 6.73. The molecule has 2 amide bonds. The number of aryl methyl sites for hydroxylation is 1. The maximum atomic E-state index is 13.5. The van der Waals surface area contributed by atoms with Crippen LogP contribution in [-0.2, 0) is 11.8 Å². The maximum absolute atomic E-state index is 13.5. The van der Waals surface area contributed by atoms with E-state index in [1.165, 1.54) is 0 Å². The van der Waals surface area contributed by atoms with Crippen LogP contribution in [0, 0.1) is 5.92 Å². The minimum atomic E-state index is -0.0979. The second-order valence-corrected chi connectivity index (χ2v) is 10.2. The fourth-order valence-corrected chi connectivity index (χ4v) is 5.89. The number of hydrogen-bond acceptors (Lipinski definition) is 6. The van der Waals surface area contributed by atoms with Gasteiger partial charge in [-0.2, -0.15) is 5.10 Å². The molecule has 2 saturated heterocycles. The predicted octanol–water partition coefficient (Wildman–Crippen LogP) is 3.27. The molecule has 9 heteroatoms. The van der Waals surface area contributed by atoms with Crippen molar-refractivity contribution >= 4 is 28.2 Å². The van der Waals surface area contributed by atoms with E-state index in [4.69, 9.17) is 4.74 Å². The van der Waals surface area contributed by atoms with Crippen LogP contribution in [0.25, 0.3) is 11.1 Å². The molecule has 3 aromatic rings. The van der Waals surface area contributed by atoms with Crippen LogP contribution in [0.3, 0.4) is 0 Å². The number of nitrogens with zero attached hydrogens (tertiary/aromatic N) is 4. The minimum absolute atomic E-state index is 0.0979. The molecule has 1 aromatic carbocycles. The number of morpholine rings is 1. The normalized spacial score (nSPS) is 16.9. The van der Waals surface area contributed by atoms with Crippen molar-refractivity contribution in [3.63, 3.8) is 0 Å². The highest BCUT2D eigenvalue weighted by Crippen LogP contribution is 2.40. The summed E-state index contributed by atoms with van der Waals surface area (Å²) in [6.45, 7) is 5.12. The van der Waals surface area contributed by atoms with E-state index < -0.39 is 0 Å². The highest BCUT2D eigenvalue weighted by molar-refractivity contribution is 7.18. The quantitative estimate of drug-likeness (QED) is 0.570. The first-order valence-corrected chi connectivity index (χ1v) is 13.0. The summed E-state index contributed by atoms with van der Waals surface area (Å²) in [5.41, 5.74) is 2.82. The van der Waals surface area contributed by atoms with E-state index >= 15 is 0 Å². The van der Waals surface area contributed by atoms with Crippen molar-refractivity contribution < 1.29 is 14.3 Å². The van der Waals surface area contributed by atoms with Gasteiger partial charge in [-0.25, -0.2) is 0 Å². The van der Waals surface area contributed by atoms with E-state index in [0.717, 1.165) is 46.9 Å². The zero-order valence-corrected chi connectivity index (χ0v) is 20.8. The molecule has 184 valence electrons. The predicted molar refractivity (Wildman–Crippen MR) is 137 cm³/mol. The molecule has 0 saturated carbocycles. The molecule has 0 atom stereocenters. The van der Waals surface area contributed by atoms with Gasteiger partial charge in [0.05, 0.1) is 34.9 Å². The van der Waals surface area contributed by atoms with Gasteiger partial charge < -0.3 is 19.9 Å². The molecule has 8 nitrogen and oxygen atoms in total. The molecule has 0 bridgehead atoms. The second kappa shape index (κ2) is 10.6. The first kappa shape index (κ1) is 23.6. The Morgan fingerprint density at radius 2 is 1.86 bits per heavy atom. The number of anilines is 1.